The number of carbonyl (C=O) groups excluding carboxylic acids is 1. The first kappa shape index (κ1) is 14.2. The lowest BCUT2D eigenvalue weighted by atomic mass is 9.89. The van der Waals surface area contributed by atoms with Crippen LogP contribution in [0.5, 0.6) is 5.75 Å². The molecule has 0 heterocycles. The molecule has 0 atom stereocenters. The van der Waals surface area contributed by atoms with Gasteiger partial charge in [0.05, 0.1) is 10.6 Å². The Hall–Kier alpha value is -1.22. The van der Waals surface area contributed by atoms with Crippen molar-refractivity contribution in [3.8, 4) is 5.75 Å². The van der Waals surface area contributed by atoms with Gasteiger partial charge in [0.2, 0.25) is 0 Å². The molecule has 0 aliphatic heterocycles. The summed E-state index contributed by atoms with van der Waals surface area (Å²) in [6.45, 7) is 0.769. The first-order valence-corrected chi connectivity index (χ1v) is 7.19. The molecule has 0 saturated heterocycles. The minimum absolute atomic E-state index is 0.0683. The molecule has 3 nitrogen and oxygen atoms in total. The number of phenolic OH excluding ortho intramolecular Hbond substituents is 1. The lowest BCUT2D eigenvalue weighted by Crippen LogP contribution is -2.32. The average Bonchev–Trinajstić information content (AvgIpc) is 2.42. The summed E-state index contributed by atoms with van der Waals surface area (Å²) in [5, 5.41) is 9.85. The van der Waals surface area contributed by atoms with Crippen molar-refractivity contribution in [2.24, 2.45) is 5.92 Å². The third-order valence-electron chi connectivity index (χ3n) is 3.78. The standard InChI is InChI=1S/C15H20ClNO2/c1-17(10-11-5-3-2-4-6-11)15(19)13-9-12(18)7-8-14(13)16/h7-9,11,18H,2-6,10H2,1H3. The zero-order valence-electron chi connectivity index (χ0n) is 11.2. The molecule has 1 aliphatic rings. The minimum Gasteiger partial charge on any atom is -0.508 e. The summed E-state index contributed by atoms with van der Waals surface area (Å²) in [6, 6.07) is 4.47. The molecule has 19 heavy (non-hydrogen) atoms. The quantitative estimate of drug-likeness (QED) is 0.918. The Morgan fingerprint density at radius 2 is 2.05 bits per heavy atom. The molecule has 0 spiro atoms. The van der Waals surface area contributed by atoms with Crippen molar-refractivity contribution in [3.63, 3.8) is 0 Å². The summed E-state index contributed by atoms with van der Waals surface area (Å²) < 4.78 is 0. The van der Waals surface area contributed by atoms with Gasteiger partial charge in [0.1, 0.15) is 5.75 Å². The largest absolute Gasteiger partial charge is 0.508 e. The summed E-state index contributed by atoms with van der Waals surface area (Å²) in [7, 11) is 1.80. The summed E-state index contributed by atoms with van der Waals surface area (Å²) in [6.07, 6.45) is 6.24. The van der Waals surface area contributed by atoms with Crippen LogP contribution in [0.2, 0.25) is 5.02 Å². The van der Waals surface area contributed by atoms with Gasteiger partial charge in [-0.25, -0.2) is 0 Å². The monoisotopic (exact) mass is 281 g/mol. The number of hydrogen-bond donors (Lipinski definition) is 1. The maximum absolute atomic E-state index is 12.3. The normalized spacial score (nSPS) is 16.3. The van der Waals surface area contributed by atoms with E-state index in [4.69, 9.17) is 11.6 Å². The van der Waals surface area contributed by atoms with Gasteiger partial charge in [-0.05, 0) is 37.0 Å². The Kier molecular flexibility index (Phi) is 4.70. The number of halogens is 1. The smallest absolute Gasteiger partial charge is 0.255 e. The molecule has 1 aromatic carbocycles. The Bertz CT molecular complexity index is 455. The van der Waals surface area contributed by atoms with E-state index >= 15 is 0 Å². The van der Waals surface area contributed by atoms with E-state index in [9.17, 15) is 9.90 Å². The maximum atomic E-state index is 12.3. The number of benzene rings is 1. The molecule has 104 valence electrons. The molecule has 1 aromatic rings. The molecule has 0 unspecified atom stereocenters. The zero-order valence-corrected chi connectivity index (χ0v) is 12.0. The van der Waals surface area contributed by atoms with Crippen LogP contribution >= 0.6 is 11.6 Å². The fraction of sp³-hybridized carbons (Fsp3) is 0.533. The minimum atomic E-state index is -0.119. The average molecular weight is 282 g/mol. The highest BCUT2D eigenvalue weighted by molar-refractivity contribution is 6.33. The van der Waals surface area contributed by atoms with Gasteiger partial charge >= 0.3 is 0 Å². The number of nitrogens with zero attached hydrogens (tertiary/aromatic N) is 1. The van der Waals surface area contributed by atoms with E-state index in [1.165, 1.54) is 44.2 Å². The third-order valence-corrected chi connectivity index (χ3v) is 4.11. The number of carbonyl (C=O) groups is 1. The molecule has 0 radical (unpaired) electrons. The molecule has 0 aromatic heterocycles. The molecule has 1 fully saturated rings. The van der Waals surface area contributed by atoms with Crippen LogP contribution in [0.25, 0.3) is 0 Å². The second-order valence-corrected chi connectivity index (χ2v) is 5.76. The number of rotatable bonds is 3. The molecule has 1 N–H and O–H groups in total. The Labute approximate surface area is 119 Å². The van der Waals surface area contributed by atoms with E-state index in [0.29, 0.717) is 16.5 Å². The van der Waals surface area contributed by atoms with E-state index in [1.807, 2.05) is 0 Å². The van der Waals surface area contributed by atoms with Crippen LogP contribution in [-0.2, 0) is 0 Å². The van der Waals surface area contributed by atoms with Crippen molar-refractivity contribution in [1.82, 2.24) is 4.90 Å². The molecule has 1 aliphatic carbocycles. The van der Waals surface area contributed by atoms with Crippen molar-refractivity contribution in [2.45, 2.75) is 32.1 Å². The lowest BCUT2D eigenvalue weighted by molar-refractivity contribution is 0.0760. The van der Waals surface area contributed by atoms with Gasteiger partial charge in [-0.15, -0.1) is 0 Å². The van der Waals surface area contributed by atoms with Crippen molar-refractivity contribution in [3.05, 3.63) is 28.8 Å². The van der Waals surface area contributed by atoms with Gasteiger partial charge in [-0.1, -0.05) is 30.9 Å². The van der Waals surface area contributed by atoms with Crippen molar-refractivity contribution < 1.29 is 9.90 Å². The molecular formula is C15H20ClNO2. The second-order valence-electron chi connectivity index (χ2n) is 5.35. The van der Waals surface area contributed by atoms with Gasteiger partial charge in [-0.2, -0.15) is 0 Å². The predicted molar refractivity (Wildman–Crippen MR) is 76.7 cm³/mol. The van der Waals surface area contributed by atoms with E-state index in [-0.39, 0.29) is 11.7 Å². The molecule has 4 heteroatoms. The lowest BCUT2D eigenvalue weighted by Gasteiger charge is -2.27. The van der Waals surface area contributed by atoms with Gasteiger partial charge < -0.3 is 10.0 Å². The summed E-state index contributed by atoms with van der Waals surface area (Å²) >= 11 is 6.02. The highest BCUT2D eigenvalue weighted by atomic mass is 35.5. The number of amides is 1. The Morgan fingerprint density at radius 3 is 2.74 bits per heavy atom. The summed E-state index contributed by atoms with van der Waals surface area (Å²) in [4.78, 5) is 14.0. The fourth-order valence-electron chi connectivity index (χ4n) is 2.72. The first-order valence-electron chi connectivity index (χ1n) is 6.82. The van der Waals surface area contributed by atoms with E-state index in [1.54, 1.807) is 18.0 Å². The van der Waals surface area contributed by atoms with Gasteiger partial charge in [-0.3, -0.25) is 4.79 Å². The van der Waals surface area contributed by atoms with Crippen LogP contribution in [0.4, 0.5) is 0 Å². The van der Waals surface area contributed by atoms with Crippen LogP contribution < -0.4 is 0 Å². The highest BCUT2D eigenvalue weighted by Gasteiger charge is 2.20. The van der Waals surface area contributed by atoms with Gasteiger partial charge in [0.25, 0.3) is 5.91 Å². The van der Waals surface area contributed by atoms with E-state index in [0.717, 1.165) is 6.54 Å². The van der Waals surface area contributed by atoms with Crippen molar-refractivity contribution >= 4 is 17.5 Å². The Morgan fingerprint density at radius 1 is 1.37 bits per heavy atom. The van der Waals surface area contributed by atoms with E-state index < -0.39 is 0 Å². The topological polar surface area (TPSA) is 40.5 Å². The second kappa shape index (κ2) is 6.29. The number of aromatic hydroxyl groups is 1. The summed E-state index contributed by atoms with van der Waals surface area (Å²) in [5.41, 5.74) is 0.375. The third kappa shape index (κ3) is 3.63. The van der Waals surface area contributed by atoms with Crippen LogP contribution in [0.1, 0.15) is 42.5 Å². The number of phenols is 1. The molecule has 1 saturated carbocycles. The van der Waals surface area contributed by atoms with Crippen LogP contribution in [0.15, 0.2) is 18.2 Å². The predicted octanol–water partition coefficient (Wildman–Crippen LogP) is 3.70. The van der Waals surface area contributed by atoms with Gasteiger partial charge in [0, 0.05) is 13.6 Å². The zero-order chi connectivity index (χ0) is 13.8. The summed E-state index contributed by atoms with van der Waals surface area (Å²) in [5.74, 6) is 0.545. The SMILES string of the molecule is CN(CC1CCCCC1)C(=O)c1cc(O)ccc1Cl. The maximum Gasteiger partial charge on any atom is 0.255 e. The molecule has 0 bridgehead atoms. The molecular weight excluding hydrogens is 262 g/mol. The van der Waals surface area contributed by atoms with Crippen LogP contribution in [0, 0.1) is 5.92 Å². The Balaban J connectivity index is 2.03. The number of hydrogen-bond acceptors (Lipinski definition) is 2. The fourth-order valence-corrected chi connectivity index (χ4v) is 2.92. The molecule has 1 amide bonds. The highest BCUT2D eigenvalue weighted by Crippen LogP contribution is 2.26. The molecule has 2 rings (SSSR count). The van der Waals surface area contributed by atoms with Gasteiger partial charge in [0.15, 0.2) is 0 Å². The van der Waals surface area contributed by atoms with Crippen LogP contribution in [-0.4, -0.2) is 29.5 Å². The van der Waals surface area contributed by atoms with Crippen molar-refractivity contribution in [1.29, 1.82) is 0 Å². The van der Waals surface area contributed by atoms with Crippen molar-refractivity contribution in [2.75, 3.05) is 13.6 Å². The first-order chi connectivity index (χ1) is 9.08. The van der Waals surface area contributed by atoms with Crippen LogP contribution in [0.3, 0.4) is 0 Å². The van der Waals surface area contributed by atoms with E-state index in [2.05, 4.69) is 0 Å².